The van der Waals surface area contributed by atoms with Crippen molar-refractivity contribution in [3.8, 4) is 11.3 Å². The predicted octanol–water partition coefficient (Wildman–Crippen LogP) is 4.04. The number of rotatable bonds is 2. The molecule has 0 bridgehead atoms. The molecule has 1 heterocycles. The Morgan fingerprint density at radius 2 is 1.76 bits per heavy atom. The fourth-order valence-electron chi connectivity index (χ4n) is 1.42. The third-order valence-corrected chi connectivity index (χ3v) is 2.46. The summed E-state index contributed by atoms with van der Waals surface area (Å²) in [6.07, 6.45) is -2.65. The molecule has 2 rings (SSSR count). The van der Waals surface area contributed by atoms with Crippen LogP contribution in [0.3, 0.4) is 0 Å². The van der Waals surface area contributed by atoms with Crippen molar-refractivity contribution in [3.05, 3.63) is 46.9 Å². The summed E-state index contributed by atoms with van der Waals surface area (Å²) in [5, 5.41) is -0.168. The lowest BCUT2D eigenvalue weighted by molar-refractivity contribution is 0.146. The second kappa shape index (κ2) is 4.75. The summed E-state index contributed by atoms with van der Waals surface area (Å²) in [7, 11) is 0. The van der Waals surface area contributed by atoms with Gasteiger partial charge in [-0.05, 0) is 24.6 Å². The molecule has 2 nitrogen and oxygen atoms in total. The van der Waals surface area contributed by atoms with Gasteiger partial charge >= 0.3 is 0 Å². The molecule has 0 N–H and O–H groups in total. The fourth-order valence-corrected chi connectivity index (χ4v) is 1.61. The third-order valence-electron chi connectivity index (χ3n) is 2.29. The van der Waals surface area contributed by atoms with Crippen LogP contribution in [0, 0.1) is 6.92 Å². The van der Waals surface area contributed by atoms with E-state index in [2.05, 4.69) is 9.97 Å². The lowest BCUT2D eigenvalue weighted by Crippen LogP contribution is -1.95. The van der Waals surface area contributed by atoms with Gasteiger partial charge in [-0.25, -0.2) is 18.7 Å². The van der Waals surface area contributed by atoms with Crippen molar-refractivity contribution in [2.45, 2.75) is 13.3 Å². The lowest BCUT2D eigenvalue weighted by atomic mass is 10.1. The van der Waals surface area contributed by atoms with Gasteiger partial charge in [-0.3, -0.25) is 0 Å². The van der Waals surface area contributed by atoms with E-state index in [1.165, 1.54) is 6.07 Å². The first kappa shape index (κ1) is 11.9. The average Bonchev–Trinajstić information content (AvgIpc) is 2.29. The van der Waals surface area contributed by atoms with Gasteiger partial charge in [0.15, 0.2) is 0 Å². The molecule has 1 aromatic carbocycles. The summed E-state index contributed by atoms with van der Waals surface area (Å²) in [5.41, 5.74) is 1.87. The maximum absolute atomic E-state index is 12.6. The number of halogens is 3. The normalized spacial score (nSPS) is 10.9. The monoisotopic (exact) mass is 254 g/mol. The van der Waals surface area contributed by atoms with Gasteiger partial charge < -0.3 is 0 Å². The van der Waals surface area contributed by atoms with E-state index < -0.39 is 6.43 Å². The highest BCUT2D eigenvalue weighted by atomic mass is 35.5. The van der Waals surface area contributed by atoms with Crippen LogP contribution in [-0.4, -0.2) is 9.97 Å². The molecule has 5 heteroatoms. The Morgan fingerprint density at radius 3 is 2.35 bits per heavy atom. The summed E-state index contributed by atoms with van der Waals surface area (Å²) in [5.74, 6) is 0. The summed E-state index contributed by atoms with van der Waals surface area (Å²) in [4.78, 5) is 7.42. The SMILES string of the molecule is Cc1ccc(-c2cc(C(F)F)nc(Cl)n2)cc1. The standard InChI is InChI=1S/C12H9ClF2N2/c1-7-2-4-8(5-3-7)9-6-10(11(14)15)17-12(13)16-9/h2-6,11H,1H3. The molecule has 0 amide bonds. The zero-order valence-corrected chi connectivity index (χ0v) is 9.75. The van der Waals surface area contributed by atoms with E-state index in [0.717, 1.165) is 11.1 Å². The maximum Gasteiger partial charge on any atom is 0.280 e. The van der Waals surface area contributed by atoms with Crippen LogP contribution < -0.4 is 0 Å². The summed E-state index contributed by atoms with van der Waals surface area (Å²) < 4.78 is 25.1. The highest BCUT2D eigenvalue weighted by Gasteiger charge is 2.13. The minimum absolute atomic E-state index is 0.168. The molecule has 88 valence electrons. The Kier molecular flexibility index (Phi) is 3.33. The van der Waals surface area contributed by atoms with Crippen molar-refractivity contribution in [1.82, 2.24) is 9.97 Å². The topological polar surface area (TPSA) is 25.8 Å². The molecule has 0 spiro atoms. The largest absolute Gasteiger partial charge is 0.280 e. The van der Waals surface area contributed by atoms with Gasteiger partial charge in [0, 0.05) is 5.56 Å². The van der Waals surface area contributed by atoms with Gasteiger partial charge in [0.05, 0.1) is 5.69 Å². The number of hydrogen-bond acceptors (Lipinski definition) is 2. The number of aromatic nitrogens is 2. The molecule has 0 saturated heterocycles. The van der Waals surface area contributed by atoms with Crippen molar-refractivity contribution in [3.63, 3.8) is 0 Å². The number of alkyl halides is 2. The van der Waals surface area contributed by atoms with Crippen LogP contribution >= 0.6 is 11.6 Å². The Bertz CT molecular complexity index is 527. The first-order chi connectivity index (χ1) is 8.06. The average molecular weight is 255 g/mol. The van der Waals surface area contributed by atoms with Crippen molar-refractivity contribution in [2.75, 3.05) is 0 Å². The summed E-state index contributed by atoms with van der Waals surface area (Å²) >= 11 is 5.62. The van der Waals surface area contributed by atoms with Crippen molar-refractivity contribution < 1.29 is 8.78 Å². The van der Waals surface area contributed by atoms with E-state index in [1.54, 1.807) is 0 Å². The molecule has 0 fully saturated rings. The van der Waals surface area contributed by atoms with Gasteiger partial charge in [0.1, 0.15) is 5.69 Å². The van der Waals surface area contributed by atoms with Crippen molar-refractivity contribution in [1.29, 1.82) is 0 Å². The molecular weight excluding hydrogens is 246 g/mol. The molecule has 17 heavy (non-hydrogen) atoms. The van der Waals surface area contributed by atoms with Gasteiger partial charge in [-0.1, -0.05) is 29.8 Å². The van der Waals surface area contributed by atoms with Crippen molar-refractivity contribution in [2.24, 2.45) is 0 Å². The molecule has 0 aliphatic carbocycles. The van der Waals surface area contributed by atoms with E-state index in [-0.39, 0.29) is 11.0 Å². The van der Waals surface area contributed by atoms with Gasteiger partial charge in [0.2, 0.25) is 5.28 Å². The molecule has 0 radical (unpaired) electrons. The van der Waals surface area contributed by atoms with Gasteiger partial charge in [0.25, 0.3) is 6.43 Å². The first-order valence-electron chi connectivity index (χ1n) is 4.96. The van der Waals surface area contributed by atoms with Gasteiger partial charge in [-0.2, -0.15) is 0 Å². The molecule has 0 saturated carbocycles. The molecule has 2 aromatic rings. The second-order valence-corrected chi connectivity index (χ2v) is 3.95. The van der Waals surface area contributed by atoms with Crippen LogP contribution in [0.1, 0.15) is 17.7 Å². The van der Waals surface area contributed by atoms with Gasteiger partial charge in [-0.15, -0.1) is 0 Å². The summed E-state index contributed by atoms with van der Waals surface area (Å²) in [6.45, 7) is 1.95. The van der Waals surface area contributed by atoms with E-state index in [0.29, 0.717) is 5.69 Å². The number of hydrogen-bond donors (Lipinski definition) is 0. The van der Waals surface area contributed by atoms with Crippen LogP contribution in [-0.2, 0) is 0 Å². The van der Waals surface area contributed by atoms with Crippen LogP contribution in [0.2, 0.25) is 5.28 Å². The molecule has 0 aliphatic rings. The molecule has 0 aliphatic heterocycles. The second-order valence-electron chi connectivity index (χ2n) is 3.61. The predicted molar refractivity (Wildman–Crippen MR) is 62.2 cm³/mol. The Morgan fingerprint density at radius 1 is 1.12 bits per heavy atom. The quantitative estimate of drug-likeness (QED) is 0.756. The molecule has 0 unspecified atom stereocenters. The van der Waals surface area contributed by atoms with Crippen LogP contribution in [0.25, 0.3) is 11.3 Å². The fraction of sp³-hybridized carbons (Fsp3) is 0.167. The highest BCUT2D eigenvalue weighted by Crippen LogP contribution is 2.24. The number of aryl methyl sites for hydroxylation is 1. The van der Waals surface area contributed by atoms with E-state index in [4.69, 9.17) is 11.6 Å². The minimum Gasteiger partial charge on any atom is -0.218 e. The van der Waals surface area contributed by atoms with E-state index >= 15 is 0 Å². The smallest absolute Gasteiger partial charge is 0.218 e. The van der Waals surface area contributed by atoms with E-state index in [9.17, 15) is 8.78 Å². The van der Waals surface area contributed by atoms with E-state index in [1.807, 2.05) is 31.2 Å². The number of benzene rings is 1. The molecule has 0 atom stereocenters. The maximum atomic E-state index is 12.6. The lowest BCUT2D eigenvalue weighted by Gasteiger charge is -2.05. The minimum atomic E-state index is -2.65. The van der Waals surface area contributed by atoms with Crippen LogP contribution in [0.4, 0.5) is 8.78 Å². The van der Waals surface area contributed by atoms with Crippen LogP contribution in [0.5, 0.6) is 0 Å². The Labute approximate surface area is 102 Å². The molecule has 1 aromatic heterocycles. The van der Waals surface area contributed by atoms with Crippen molar-refractivity contribution >= 4 is 11.6 Å². The highest BCUT2D eigenvalue weighted by molar-refractivity contribution is 6.28. The van der Waals surface area contributed by atoms with Crippen LogP contribution in [0.15, 0.2) is 30.3 Å². The Balaban J connectivity index is 2.48. The molecular formula is C12H9ClF2N2. The zero-order valence-electron chi connectivity index (χ0n) is 8.99. The third kappa shape index (κ3) is 2.77. The Hall–Kier alpha value is -1.55. The summed E-state index contributed by atoms with van der Waals surface area (Å²) in [6, 6.07) is 8.63. The number of nitrogens with zero attached hydrogens (tertiary/aromatic N) is 2. The zero-order chi connectivity index (χ0) is 12.4. The first-order valence-corrected chi connectivity index (χ1v) is 5.34.